The van der Waals surface area contributed by atoms with Gasteiger partial charge in [-0.3, -0.25) is 0 Å². The van der Waals surface area contributed by atoms with Crippen LogP contribution < -0.4 is 5.32 Å². The van der Waals surface area contributed by atoms with Crippen molar-refractivity contribution in [1.82, 2.24) is 5.32 Å². The molecule has 0 aliphatic heterocycles. The van der Waals surface area contributed by atoms with Gasteiger partial charge in [-0.15, -0.1) is 0 Å². The van der Waals surface area contributed by atoms with E-state index < -0.39 is 0 Å². The summed E-state index contributed by atoms with van der Waals surface area (Å²) in [5, 5.41) is 3.34. The lowest BCUT2D eigenvalue weighted by atomic mass is 10.0. The summed E-state index contributed by atoms with van der Waals surface area (Å²) < 4.78 is 7.14. The molecule has 0 saturated heterocycles. The summed E-state index contributed by atoms with van der Waals surface area (Å²) in [4.78, 5) is 0. The van der Waals surface area contributed by atoms with Gasteiger partial charge >= 0.3 is 0 Å². The average Bonchev–Trinajstić information content (AvgIpc) is 2.66. The Morgan fingerprint density at radius 2 is 1.89 bits per heavy atom. The van der Waals surface area contributed by atoms with E-state index in [4.69, 9.17) is 4.42 Å². The van der Waals surface area contributed by atoms with Crippen LogP contribution in [0, 0.1) is 24.3 Å². The van der Waals surface area contributed by atoms with Crippen LogP contribution >= 0.6 is 22.6 Å². The number of hydrogen-bond donors (Lipinski definition) is 1. The van der Waals surface area contributed by atoms with Crippen molar-refractivity contribution in [3.05, 3.63) is 56.0 Å². The van der Waals surface area contributed by atoms with Crippen LogP contribution in [0.15, 0.2) is 28.7 Å². The van der Waals surface area contributed by atoms with Crippen molar-refractivity contribution in [2.24, 2.45) is 0 Å². The Morgan fingerprint density at radius 3 is 2.44 bits per heavy atom. The van der Waals surface area contributed by atoms with Gasteiger partial charge in [0.2, 0.25) is 0 Å². The SMILES string of the molecule is CNC(c1cc(C)c(C)o1)c1cccc(C)c1I. The fourth-order valence-electron chi connectivity index (χ4n) is 2.09. The summed E-state index contributed by atoms with van der Waals surface area (Å²) in [5.41, 5.74) is 3.77. The van der Waals surface area contributed by atoms with E-state index in [1.54, 1.807) is 0 Å². The van der Waals surface area contributed by atoms with Crippen LogP contribution in [0.5, 0.6) is 0 Å². The van der Waals surface area contributed by atoms with Crippen LogP contribution in [-0.2, 0) is 0 Å². The van der Waals surface area contributed by atoms with Crippen LogP contribution in [0.25, 0.3) is 0 Å². The molecule has 1 aromatic carbocycles. The molecule has 0 aliphatic carbocycles. The molecule has 3 heteroatoms. The van der Waals surface area contributed by atoms with Gasteiger partial charge in [-0.2, -0.15) is 0 Å². The highest BCUT2D eigenvalue weighted by Gasteiger charge is 2.19. The summed E-state index contributed by atoms with van der Waals surface area (Å²) in [7, 11) is 1.97. The van der Waals surface area contributed by atoms with E-state index in [-0.39, 0.29) is 6.04 Å². The van der Waals surface area contributed by atoms with Gasteiger partial charge in [-0.1, -0.05) is 18.2 Å². The van der Waals surface area contributed by atoms with Gasteiger partial charge in [-0.25, -0.2) is 0 Å². The van der Waals surface area contributed by atoms with E-state index in [0.29, 0.717) is 0 Å². The van der Waals surface area contributed by atoms with Crippen molar-refractivity contribution >= 4 is 22.6 Å². The van der Waals surface area contributed by atoms with Gasteiger partial charge in [-0.05, 0) is 73.2 Å². The first-order chi connectivity index (χ1) is 8.54. The van der Waals surface area contributed by atoms with Crippen molar-refractivity contribution in [3.8, 4) is 0 Å². The summed E-state index contributed by atoms with van der Waals surface area (Å²) >= 11 is 2.40. The molecular formula is C15H18INO. The Balaban J connectivity index is 2.48. The molecule has 0 spiro atoms. The highest BCUT2D eigenvalue weighted by atomic mass is 127. The molecule has 1 aromatic heterocycles. The van der Waals surface area contributed by atoms with Gasteiger partial charge in [0.1, 0.15) is 11.5 Å². The van der Waals surface area contributed by atoms with Crippen molar-refractivity contribution in [3.63, 3.8) is 0 Å². The van der Waals surface area contributed by atoms with Gasteiger partial charge in [0, 0.05) is 3.57 Å². The van der Waals surface area contributed by atoms with Crippen LogP contribution in [-0.4, -0.2) is 7.05 Å². The van der Waals surface area contributed by atoms with Crippen molar-refractivity contribution in [2.75, 3.05) is 7.05 Å². The predicted molar refractivity (Wildman–Crippen MR) is 83.0 cm³/mol. The summed E-state index contributed by atoms with van der Waals surface area (Å²) in [6.07, 6.45) is 0. The highest BCUT2D eigenvalue weighted by molar-refractivity contribution is 14.1. The number of aryl methyl sites for hydroxylation is 3. The summed E-state index contributed by atoms with van der Waals surface area (Å²) in [6, 6.07) is 8.62. The molecule has 2 aromatic rings. The molecule has 1 heterocycles. The lowest BCUT2D eigenvalue weighted by molar-refractivity contribution is 0.442. The van der Waals surface area contributed by atoms with Crippen LogP contribution in [0.3, 0.4) is 0 Å². The van der Waals surface area contributed by atoms with Gasteiger partial charge < -0.3 is 9.73 Å². The molecule has 18 heavy (non-hydrogen) atoms. The van der Waals surface area contributed by atoms with E-state index in [2.05, 4.69) is 66.0 Å². The van der Waals surface area contributed by atoms with Crippen molar-refractivity contribution < 1.29 is 4.42 Å². The number of halogens is 1. The highest BCUT2D eigenvalue weighted by Crippen LogP contribution is 2.30. The maximum Gasteiger partial charge on any atom is 0.125 e. The lowest BCUT2D eigenvalue weighted by Crippen LogP contribution is -2.18. The first-order valence-corrected chi connectivity index (χ1v) is 7.11. The Morgan fingerprint density at radius 1 is 1.17 bits per heavy atom. The topological polar surface area (TPSA) is 25.2 Å². The molecule has 0 bridgehead atoms. The average molecular weight is 355 g/mol. The number of nitrogens with one attached hydrogen (secondary N) is 1. The van der Waals surface area contributed by atoms with Crippen LogP contribution in [0.4, 0.5) is 0 Å². The molecule has 0 saturated carbocycles. The predicted octanol–water partition coefficient (Wildman–Crippen LogP) is 4.12. The first-order valence-electron chi connectivity index (χ1n) is 6.03. The van der Waals surface area contributed by atoms with Crippen molar-refractivity contribution in [1.29, 1.82) is 0 Å². The fourth-order valence-corrected chi connectivity index (χ4v) is 2.76. The molecule has 1 unspecified atom stereocenters. The first kappa shape index (κ1) is 13.6. The second kappa shape index (κ2) is 5.45. The van der Waals surface area contributed by atoms with E-state index in [1.807, 2.05) is 14.0 Å². The van der Waals surface area contributed by atoms with Crippen LogP contribution in [0.1, 0.15) is 34.3 Å². The summed E-state index contributed by atoms with van der Waals surface area (Å²) in [6.45, 7) is 6.22. The number of benzene rings is 1. The van der Waals surface area contributed by atoms with E-state index in [0.717, 1.165) is 11.5 Å². The van der Waals surface area contributed by atoms with Gasteiger partial charge in [0.05, 0.1) is 6.04 Å². The number of rotatable bonds is 3. The molecule has 0 amide bonds. The minimum absolute atomic E-state index is 0.115. The van der Waals surface area contributed by atoms with Crippen molar-refractivity contribution in [2.45, 2.75) is 26.8 Å². The Labute approximate surface area is 122 Å². The maximum atomic E-state index is 5.85. The molecule has 0 aliphatic rings. The zero-order valence-corrected chi connectivity index (χ0v) is 13.3. The monoisotopic (exact) mass is 355 g/mol. The number of hydrogen-bond acceptors (Lipinski definition) is 2. The molecule has 0 fully saturated rings. The quantitative estimate of drug-likeness (QED) is 0.838. The zero-order chi connectivity index (χ0) is 13.3. The number of furan rings is 1. The third kappa shape index (κ3) is 2.47. The zero-order valence-electron chi connectivity index (χ0n) is 11.2. The minimum atomic E-state index is 0.115. The minimum Gasteiger partial charge on any atom is -0.464 e. The Hall–Kier alpha value is -0.810. The van der Waals surface area contributed by atoms with E-state index >= 15 is 0 Å². The smallest absolute Gasteiger partial charge is 0.125 e. The van der Waals surface area contributed by atoms with E-state index in [9.17, 15) is 0 Å². The van der Waals surface area contributed by atoms with Crippen LogP contribution in [0.2, 0.25) is 0 Å². The summed E-state index contributed by atoms with van der Waals surface area (Å²) in [5.74, 6) is 1.98. The Kier molecular flexibility index (Phi) is 4.12. The molecule has 1 atom stereocenters. The molecule has 96 valence electrons. The second-order valence-corrected chi connectivity index (χ2v) is 5.67. The molecule has 0 radical (unpaired) electrons. The third-order valence-electron chi connectivity index (χ3n) is 3.29. The maximum absolute atomic E-state index is 5.85. The van der Waals surface area contributed by atoms with E-state index in [1.165, 1.54) is 20.3 Å². The third-order valence-corrected chi connectivity index (χ3v) is 4.76. The molecule has 2 rings (SSSR count). The largest absolute Gasteiger partial charge is 0.464 e. The molecule has 1 N–H and O–H groups in total. The fraction of sp³-hybridized carbons (Fsp3) is 0.333. The standard InChI is InChI=1S/C15H18INO/c1-9-6-5-7-12(14(9)16)15(17-4)13-8-10(2)11(3)18-13/h5-8,15,17H,1-4H3. The lowest BCUT2D eigenvalue weighted by Gasteiger charge is -2.17. The normalized spacial score (nSPS) is 12.7. The van der Waals surface area contributed by atoms with Gasteiger partial charge in [0.15, 0.2) is 0 Å². The molecule has 2 nitrogen and oxygen atoms in total. The second-order valence-electron chi connectivity index (χ2n) is 4.59. The van der Waals surface area contributed by atoms with Gasteiger partial charge in [0.25, 0.3) is 0 Å². The molecular weight excluding hydrogens is 337 g/mol. The Bertz CT molecular complexity index is 540.